The van der Waals surface area contributed by atoms with Crippen LogP contribution in [-0.4, -0.2) is 6.08 Å². The Morgan fingerprint density at radius 1 is 0.941 bits per heavy atom. The predicted molar refractivity (Wildman–Crippen MR) is 76.2 cm³/mol. The number of aliphatic imine (C=N–C) groups is 1. The average molecular weight is 335 g/mol. The summed E-state index contributed by atoms with van der Waals surface area (Å²) in [7, 11) is 0. The molecule has 0 aliphatic carbocycles. The number of hydrogen-bond acceptors (Lipinski definition) is 2. The van der Waals surface area contributed by atoms with Crippen LogP contribution in [0, 0.1) is 3.57 Å². The van der Waals surface area contributed by atoms with Crippen LogP contribution in [-0.2, 0) is 11.2 Å². The Balaban J connectivity index is 2.13. The fourth-order valence-corrected chi connectivity index (χ4v) is 1.94. The van der Waals surface area contributed by atoms with Crippen LogP contribution in [0.4, 0.5) is 5.69 Å². The van der Waals surface area contributed by atoms with Gasteiger partial charge in [0, 0.05) is 3.57 Å². The summed E-state index contributed by atoms with van der Waals surface area (Å²) in [5, 5.41) is 0. The molecule has 2 nitrogen and oxygen atoms in total. The second-order valence-corrected chi connectivity index (χ2v) is 4.92. The second-order valence-electron chi connectivity index (χ2n) is 3.67. The maximum Gasteiger partial charge on any atom is 0.240 e. The van der Waals surface area contributed by atoms with Crippen molar-refractivity contribution < 1.29 is 4.79 Å². The molecule has 0 aromatic heterocycles. The average Bonchev–Trinajstić information content (AvgIpc) is 2.35. The molecule has 2 aromatic rings. The number of benzene rings is 2. The largest absolute Gasteiger partial charge is 0.240 e. The SMILES string of the molecule is O=C=Nc1ccc(Cc2ccc(I)cc2)cc1. The molecular formula is C14H10INO. The van der Waals surface area contributed by atoms with Crippen molar-refractivity contribution >= 4 is 34.4 Å². The van der Waals surface area contributed by atoms with Crippen molar-refractivity contribution in [3.63, 3.8) is 0 Å². The van der Waals surface area contributed by atoms with Gasteiger partial charge >= 0.3 is 0 Å². The summed E-state index contributed by atoms with van der Waals surface area (Å²) in [5.41, 5.74) is 3.12. The summed E-state index contributed by atoms with van der Waals surface area (Å²) in [6.07, 6.45) is 2.42. The number of halogens is 1. The maximum atomic E-state index is 10.1. The Kier molecular flexibility index (Phi) is 4.07. The molecule has 2 aromatic carbocycles. The molecule has 0 heterocycles. The summed E-state index contributed by atoms with van der Waals surface area (Å²) >= 11 is 2.29. The van der Waals surface area contributed by atoms with E-state index in [4.69, 9.17) is 0 Å². The van der Waals surface area contributed by atoms with Crippen LogP contribution >= 0.6 is 22.6 Å². The lowest BCUT2D eigenvalue weighted by Gasteiger charge is -2.02. The Hall–Kier alpha value is -1.45. The highest BCUT2D eigenvalue weighted by Gasteiger charge is 1.97. The van der Waals surface area contributed by atoms with Gasteiger partial charge in [0.05, 0.1) is 5.69 Å². The third-order valence-corrected chi connectivity index (χ3v) is 3.15. The zero-order valence-corrected chi connectivity index (χ0v) is 11.2. The summed E-state index contributed by atoms with van der Waals surface area (Å²) in [6, 6.07) is 16.1. The summed E-state index contributed by atoms with van der Waals surface area (Å²) in [6.45, 7) is 0. The Morgan fingerprint density at radius 3 is 2.00 bits per heavy atom. The van der Waals surface area contributed by atoms with E-state index in [0.29, 0.717) is 5.69 Å². The molecule has 0 amide bonds. The molecule has 3 heteroatoms. The van der Waals surface area contributed by atoms with Crippen molar-refractivity contribution in [3.05, 3.63) is 63.2 Å². The van der Waals surface area contributed by atoms with E-state index in [1.807, 2.05) is 24.3 Å². The lowest BCUT2D eigenvalue weighted by Crippen LogP contribution is -1.87. The smallest absolute Gasteiger partial charge is 0.211 e. The zero-order valence-electron chi connectivity index (χ0n) is 9.06. The van der Waals surface area contributed by atoms with Gasteiger partial charge in [0.25, 0.3) is 0 Å². The molecule has 17 heavy (non-hydrogen) atoms. The summed E-state index contributed by atoms with van der Waals surface area (Å²) in [4.78, 5) is 13.6. The molecule has 0 spiro atoms. The van der Waals surface area contributed by atoms with E-state index in [1.54, 1.807) is 0 Å². The molecule has 0 aliphatic heterocycles. The van der Waals surface area contributed by atoms with E-state index >= 15 is 0 Å². The molecule has 0 saturated carbocycles. The molecular weight excluding hydrogens is 325 g/mol. The molecule has 0 atom stereocenters. The van der Waals surface area contributed by atoms with Gasteiger partial charge in [-0.3, -0.25) is 0 Å². The summed E-state index contributed by atoms with van der Waals surface area (Å²) < 4.78 is 1.24. The van der Waals surface area contributed by atoms with Gasteiger partial charge in [-0.1, -0.05) is 24.3 Å². The number of rotatable bonds is 3. The quantitative estimate of drug-likeness (QED) is 0.476. The minimum absolute atomic E-state index is 0.645. The molecule has 0 saturated heterocycles. The highest BCUT2D eigenvalue weighted by Crippen LogP contribution is 2.16. The Bertz CT molecular complexity index is 539. The van der Waals surface area contributed by atoms with Crippen LogP contribution in [0.1, 0.15) is 11.1 Å². The van der Waals surface area contributed by atoms with Crippen molar-refractivity contribution in [2.75, 3.05) is 0 Å². The number of isocyanates is 1. The van der Waals surface area contributed by atoms with Crippen LogP contribution < -0.4 is 0 Å². The molecule has 84 valence electrons. The van der Waals surface area contributed by atoms with Crippen LogP contribution in [0.2, 0.25) is 0 Å². The van der Waals surface area contributed by atoms with Crippen molar-refractivity contribution in [1.82, 2.24) is 0 Å². The first kappa shape index (κ1) is 12.0. The molecule has 0 aliphatic rings. The van der Waals surface area contributed by atoms with Crippen LogP contribution in [0.15, 0.2) is 53.5 Å². The second kappa shape index (κ2) is 5.75. The molecule has 0 N–H and O–H groups in total. The minimum atomic E-state index is 0.645. The lowest BCUT2D eigenvalue weighted by molar-refractivity contribution is 0.565. The molecule has 0 radical (unpaired) electrons. The Morgan fingerprint density at radius 2 is 1.47 bits per heavy atom. The molecule has 0 fully saturated rings. The van der Waals surface area contributed by atoms with Crippen molar-refractivity contribution in [2.45, 2.75) is 6.42 Å². The third kappa shape index (κ3) is 3.51. The van der Waals surface area contributed by atoms with E-state index in [0.717, 1.165) is 6.42 Å². The first-order valence-electron chi connectivity index (χ1n) is 5.19. The van der Waals surface area contributed by atoms with Gasteiger partial charge in [0.2, 0.25) is 6.08 Å². The third-order valence-electron chi connectivity index (χ3n) is 2.43. The fraction of sp³-hybridized carbons (Fsp3) is 0.0714. The molecule has 0 unspecified atom stereocenters. The summed E-state index contributed by atoms with van der Waals surface area (Å²) in [5.74, 6) is 0. The number of carbonyl (C=O) groups excluding carboxylic acids is 1. The van der Waals surface area contributed by atoms with E-state index in [2.05, 4.69) is 51.8 Å². The van der Waals surface area contributed by atoms with E-state index in [-0.39, 0.29) is 0 Å². The van der Waals surface area contributed by atoms with E-state index in [1.165, 1.54) is 20.8 Å². The van der Waals surface area contributed by atoms with Crippen molar-refractivity contribution in [2.24, 2.45) is 4.99 Å². The highest BCUT2D eigenvalue weighted by molar-refractivity contribution is 14.1. The van der Waals surface area contributed by atoms with Crippen LogP contribution in [0.5, 0.6) is 0 Å². The lowest BCUT2D eigenvalue weighted by atomic mass is 10.1. The number of hydrogen-bond donors (Lipinski definition) is 0. The first-order chi connectivity index (χ1) is 8.28. The van der Waals surface area contributed by atoms with Gasteiger partial charge < -0.3 is 0 Å². The van der Waals surface area contributed by atoms with Gasteiger partial charge in [-0.05, 0) is 64.4 Å². The minimum Gasteiger partial charge on any atom is -0.211 e. The van der Waals surface area contributed by atoms with Gasteiger partial charge in [0.1, 0.15) is 0 Å². The van der Waals surface area contributed by atoms with Crippen LogP contribution in [0.25, 0.3) is 0 Å². The zero-order chi connectivity index (χ0) is 12.1. The first-order valence-corrected chi connectivity index (χ1v) is 6.27. The van der Waals surface area contributed by atoms with Crippen molar-refractivity contribution in [1.29, 1.82) is 0 Å². The maximum absolute atomic E-state index is 10.1. The van der Waals surface area contributed by atoms with Crippen molar-refractivity contribution in [3.8, 4) is 0 Å². The molecule has 2 rings (SSSR count). The number of nitrogens with zero attached hydrogens (tertiary/aromatic N) is 1. The van der Waals surface area contributed by atoms with Gasteiger partial charge in [-0.25, -0.2) is 4.79 Å². The monoisotopic (exact) mass is 335 g/mol. The normalized spacial score (nSPS) is 9.71. The topological polar surface area (TPSA) is 29.4 Å². The van der Waals surface area contributed by atoms with Crippen LogP contribution in [0.3, 0.4) is 0 Å². The molecule has 0 bridgehead atoms. The highest BCUT2D eigenvalue weighted by atomic mass is 127. The van der Waals surface area contributed by atoms with Gasteiger partial charge in [0.15, 0.2) is 0 Å². The Labute approximate surface area is 114 Å². The van der Waals surface area contributed by atoms with E-state index < -0.39 is 0 Å². The van der Waals surface area contributed by atoms with Gasteiger partial charge in [-0.15, -0.1) is 0 Å². The predicted octanol–water partition coefficient (Wildman–Crippen LogP) is 3.85. The van der Waals surface area contributed by atoms with E-state index in [9.17, 15) is 4.79 Å². The fourth-order valence-electron chi connectivity index (χ4n) is 1.58. The standard InChI is InChI=1S/C14H10INO/c15-13-5-1-11(2-6-13)9-12-3-7-14(8-4-12)16-10-17/h1-8H,9H2. The van der Waals surface area contributed by atoms with Gasteiger partial charge in [-0.2, -0.15) is 4.99 Å².